The highest BCUT2D eigenvalue weighted by molar-refractivity contribution is 5.98. The van der Waals surface area contributed by atoms with Crippen LogP contribution in [0.5, 0.6) is 0 Å². The number of rotatable bonds is 4. The second-order valence-electron chi connectivity index (χ2n) is 4.90. The molecule has 1 N–H and O–H groups in total. The van der Waals surface area contributed by atoms with Crippen LogP contribution in [-0.4, -0.2) is 22.2 Å². The van der Waals surface area contributed by atoms with Gasteiger partial charge in [-0.05, 0) is 29.0 Å². The fraction of sp³-hybridized carbons (Fsp3) is 0.118. The number of benzene rings is 2. The van der Waals surface area contributed by atoms with Gasteiger partial charge >= 0.3 is 0 Å². The zero-order valence-electron chi connectivity index (χ0n) is 11.9. The van der Waals surface area contributed by atoms with Crippen molar-refractivity contribution in [3.05, 3.63) is 76.7 Å². The van der Waals surface area contributed by atoms with Crippen molar-refractivity contribution in [2.45, 2.75) is 6.54 Å². The van der Waals surface area contributed by atoms with Crippen molar-refractivity contribution in [1.82, 2.24) is 15.1 Å². The molecule has 5 heteroatoms. The number of hydrogen-bond acceptors (Lipinski definition) is 3. The third kappa shape index (κ3) is 3.03. The normalized spacial score (nSPS) is 10.5. The van der Waals surface area contributed by atoms with Crippen LogP contribution in [0.25, 0.3) is 10.8 Å². The molecular formula is C17H15N3O2. The Morgan fingerprint density at radius 2 is 1.86 bits per heavy atom. The third-order valence-corrected chi connectivity index (χ3v) is 3.41. The molecule has 1 aromatic heterocycles. The molecule has 110 valence electrons. The number of carbonyl (C=O) groups excluding carboxylic acids is 1. The van der Waals surface area contributed by atoms with Crippen molar-refractivity contribution in [2.24, 2.45) is 0 Å². The summed E-state index contributed by atoms with van der Waals surface area (Å²) >= 11 is 0. The molecular weight excluding hydrogens is 278 g/mol. The number of hydrogen-bond donors (Lipinski definition) is 1. The Morgan fingerprint density at radius 3 is 2.68 bits per heavy atom. The van der Waals surface area contributed by atoms with Crippen LogP contribution >= 0.6 is 0 Å². The van der Waals surface area contributed by atoms with Gasteiger partial charge in [0.1, 0.15) is 0 Å². The van der Waals surface area contributed by atoms with Crippen LogP contribution in [0.1, 0.15) is 10.4 Å². The highest BCUT2D eigenvalue weighted by atomic mass is 16.1. The first kappa shape index (κ1) is 14.0. The highest BCUT2D eigenvalue weighted by Gasteiger charge is 2.06. The second-order valence-corrected chi connectivity index (χ2v) is 4.90. The average molecular weight is 293 g/mol. The van der Waals surface area contributed by atoms with E-state index in [4.69, 9.17) is 0 Å². The van der Waals surface area contributed by atoms with Gasteiger partial charge in [-0.15, -0.1) is 0 Å². The van der Waals surface area contributed by atoms with E-state index in [1.807, 2.05) is 36.4 Å². The molecule has 0 saturated carbocycles. The van der Waals surface area contributed by atoms with Gasteiger partial charge in [0.25, 0.3) is 11.5 Å². The molecule has 1 heterocycles. The lowest BCUT2D eigenvalue weighted by Crippen LogP contribution is -2.31. The van der Waals surface area contributed by atoms with Gasteiger partial charge in [-0.3, -0.25) is 9.59 Å². The summed E-state index contributed by atoms with van der Waals surface area (Å²) in [4.78, 5) is 23.6. The Bertz CT molecular complexity index is 871. The molecule has 0 unspecified atom stereocenters. The third-order valence-electron chi connectivity index (χ3n) is 3.41. The quantitative estimate of drug-likeness (QED) is 0.798. The summed E-state index contributed by atoms with van der Waals surface area (Å²) in [5.74, 6) is -0.158. The summed E-state index contributed by atoms with van der Waals surface area (Å²) in [6, 6.07) is 16.5. The summed E-state index contributed by atoms with van der Waals surface area (Å²) in [6.07, 6.45) is 1.55. The summed E-state index contributed by atoms with van der Waals surface area (Å²) in [5, 5.41) is 8.86. The van der Waals surface area contributed by atoms with Crippen LogP contribution in [0, 0.1) is 0 Å². The van der Waals surface area contributed by atoms with E-state index >= 15 is 0 Å². The second kappa shape index (κ2) is 6.22. The molecule has 0 spiro atoms. The summed E-state index contributed by atoms with van der Waals surface area (Å²) in [6.45, 7) is 0.696. The van der Waals surface area contributed by atoms with Crippen LogP contribution in [0.3, 0.4) is 0 Å². The Balaban J connectivity index is 1.66. The summed E-state index contributed by atoms with van der Waals surface area (Å²) < 4.78 is 1.32. The van der Waals surface area contributed by atoms with E-state index in [-0.39, 0.29) is 11.5 Å². The first-order chi connectivity index (χ1) is 10.7. The predicted molar refractivity (Wildman–Crippen MR) is 84.8 cm³/mol. The molecule has 0 aliphatic heterocycles. The number of carbonyl (C=O) groups is 1. The van der Waals surface area contributed by atoms with E-state index in [1.165, 1.54) is 10.7 Å². The number of fused-ring (bicyclic) bond motifs is 1. The van der Waals surface area contributed by atoms with Crippen molar-refractivity contribution < 1.29 is 4.79 Å². The minimum Gasteiger partial charge on any atom is -0.350 e. The van der Waals surface area contributed by atoms with Gasteiger partial charge in [0.15, 0.2) is 0 Å². The Hall–Kier alpha value is -2.95. The van der Waals surface area contributed by atoms with Crippen LogP contribution in [-0.2, 0) is 6.54 Å². The van der Waals surface area contributed by atoms with Gasteiger partial charge < -0.3 is 5.32 Å². The molecule has 22 heavy (non-hydrogen) atoms. The van der Waals surface area contributed by atoms with Crippen molar-refractivity contribution in [2.75, 3.05) is 6.54 Å². The molecule has 0 saturated heterocycles. The summed E-state index contributed by atoms with van der Waals surface area (Å²) in [5.41, 5.74) is 0.425. The van der Waals surface area contributed by atoms with Gasteiger partial charge in [0, 0.05) is 24.4 Å². The molecule has 0 radical (unpaired) electrons. The lowest BCUT2D eigenvalue weighted by atomic mass is 10.1. The lowest BCUT2D eigenvalue weighted by Gasteiger charge is -2.07. The first-order valence-corrected chi connectivity index (χ1v) is 7.03. The topological polar surface area (TPSA) is 64.0 Å². The molecule has 5 nitrogen and oxygen atoms in total. The van der Waals surface area contributed by atoms with Crippen molar-refractivity contribution in [1.29, 1.82) is 0 Å². The number of amides is 1. The van der Waals surface area contributed by atoms with E-state index in [0.29, 0.717) is 18.7 Å². The van der Waals surface area contributed by atoms with Crippen molar-refractivity contribution in [3.8, 4) is 0 Å². The van der Waals surface area contributed by atoms with E-state index in [1.54, 1.807) is 18.3 Å². The van der Waals surface area contributed by atoms with Gasteiger partial charge in [0.2, 0.25) is 0 Å². The van der Waals surface area contributed by atoms with Crippen LogP contribution in [0.15, 0.2) is 65.6 Å². The van der Waals surface area contributed by atoms with Crippen LogP contribution in [0.2, 0.25) is 0 Å². The number of aromatic nitrogens is 2. The highest BCUT2D eigenvalue weighted by Crippen LogP contribution is 2.15. The van der Waals surface area contributed by atoms with Crippen LogP contribution < -0.4 is 10.9 Å². The molecule has 0 bridgehead atoms. The number of nitrogens with one attached hydrogen (secondary N) is 1. The van der Waals surface area contributed by atoms with Gasteiger partial charge in [-0.2, -0.15) is 5.10 Å². The van der Waals surface area contributed by atoms with Crippen LogP contribution in [0.4, 0.5) is 0 Å². The molecule has 2 aromatic carbocycles. The van der Waals surface area contributed by atoms with E-state index in [2.05, 4.69) is 10.4 Å². The molecule has 3 aromatic rings. The molecule has 0 fully saturated rings. The average Bonchev–Trinajstić information content (AvgIpc) is 2.56. The lowest BCUT2D eigenvalue weighted by molar-refractivity contribution is 0.0952. The van der Waals surface area contributed by atoms with Gasteiger partial charge in [-0.1, -0.05) is 30.3 Å². The molecule has 1 amide bonds. The maximum Gasteiger partial charge on any atom is 0.266 e. The molecule has 0 aliphatic carbocycles. The van der Waals surface area contributed by atoms with Crippen molar-refractivity contribution in [3.63, 3.8) is 0 Å². The fourth-order valence-corrected chi connectivity index (χ4v) is 2.26. The SMILES string of the molecule is O=C(NCCn1ncccc1=O)c1ccc2ccccc2c1. The molecule has 0 aliphatic rings. The Morgan fingerprint density at radius 1 is 1.05 bits per heavy atom. The smallest absolute Gasteiger partial charge is 0.266 e. The fourth-order valence-electron chi connectivity index (χ4n) is 2.26. The predicted octanol–water partition coefficient (Wildman–Crippen LogP) is 1.83. The largest absolute Gasteiger partial charge is 0.350 e. The van der Waals surface area contributed by atoms with E-state index < -0.39 is 0 Å². The first-order valence-electron chi connectivity index (χ1n) is 7.03. The summed E-state index contributed by atoms with van der Waals surface area (Å²) in [7, 11) is 0. The Kier molecular flexibility index (Phi) is 3.96. The van der Waals surface area contributed by atoms with Gasteiger partial charge in [-0.25, -0.2) is 4.68 Å². The zero-order valence-corrected chi connectivity index (χ0v) is 11.9. The van der Waals surface area contributed by atoms with Gasteiger partial charge in [0.05, 0.1) is 6.54 Å². The maximum absolute atomic E-state index is 12.1. The monoisotopic (exact) mass is 293 g/mol. The standard InChI is InChI=1S/C17H15N3O2/c21-16-6-3-9-19-20(16)11-10-18-17(22)15-8-7-13-4-1-2-5-14(13)12-15/h1-9,12H,10-11H2,(H,18,22). The minimum absolute atomic E-state index is 0.158. The maximum atomic E-state index is 12.1. The zero-order chi connectivity index (χ0) is 15.4. The van der Waals surface area contributed by atoms with E-state index in [9.17, 15) is 9.59 Å². The Labute approximate surface area is 127 Å². The molecule has 0 atom stereocenters. The molecule has 3 rings (SSSR count). The van der Waals surface area contributed by atoms with Crippen molar-refractivity contribution >= 4 is 16.7 Å². The minimum atomic E-state index is -0.178. The number of nitrogens with zero attached hydrogens (tertiary/aromatic N) is 2. The van der Waals surface area contributed by atoms with E-state index in [0.717, 1.165) is 10.8 Å².